The van der Waals surface area contributed by atoms with E-state index in [1.54, 1.807) is 55.7 Å². The topological polar surface area (TPSA) is 61.8 Å². The van der Waals surface area contributed by atoms with Gasteiger partial charge in [0.25, 0.3) is 0 Å². The van der Waals surface area contributed by atoms with Crippen LogP contribution in [0.3, 0.4) is 0 Å². The van der Waals surface area contributed by atoms with E-state index in [4.69, 9.17) is 14.2 Å². The van der Waals surface area contributed by atoms with Gasteiger partial charge in [0.1, 0.15) is 17.2 Å². The number of rotatable bonds is 6. The molecule has 4 rings (SSSR count). The van der Waals surface area contributed by atoms with Gasteiger partial charge in [-0.05, 0) is 24.3 Å². The summed E-state index contributed by atoms with van der Waals surface area (Å²) in [5, 5.41) is 0. The summed E-state index contributed by atoms with van der Waals surface area (Å²) in [6, 6.07) is 21.2. The van der Waals surface area contributed by atoms with Gasteiger partial charge in [-0.25, -0.2) is 0 Å². The number of ether oxygens (including phenoxy) is 3. The fourth-order valence-corrected chi connectivity index (χ4v) is 3.04. The van der Waals surface area contributed by atoms with Gasteiger partial charge in [0.15, 0.2) is 18.1 Å². The molecule has 5 nitrogen and oxygen atoms in total. The molecule has 144 valence electrons. The van der Waals surface area contributed by atoms with Crippen molar-refractivity contribution in [1.29, 1.82) is 0 Å². The molecule has 0 amide bonds. The molecule has 29 heavy (non-hydrogen) atoms. The molecular weight excluding hydrogens is 368 g/mol. The van der Waals surface area contributed by atoms with Gasteiger partial charge in [-0.2, -0.15) is 0 Å². The second-order valence-corrected chi connectivity index (χ2v) is 6.42. The molecule has 0 saturated carbocycles. The molecule has 0 spiro atoms. The summed E-state index contributed by atoms with van der Waals surface area (Å²) >= 11 is 0. The molecule has 0 unspecified atom stereocenters. The van der Waals surface area contributed by atoms with Gasteiger partial charge in [-0.3, -0.25) is 9.59 Å². The third-order valence-electron chi connectivity index (χ3n) is 4.53. The second-order valence-electron chi connectivity index (χ2n) is 6.42. The molecule has 3 aromatic rings. The Morgan fingerprint density at radius 1 is 1.00 bits per heavy atom. The third kappa shape index (κ3) is 3.89. The van der Waals surface area contributed by atoms with Crippen LogP contribution in [-0.4, -0.2) is 25.3 Å². The van der Waals surface area contributed by atoms with Gasteiger partial charge in [0, 0.05) is 17.2 Å². The Morgan fingerprint density at radius 2 is 1.76 bits per heavy atom. The molecule has 1 aliphatic heterocycles. The highest BCUT2D eigenvalue weighted by molar-refractivity contribution is 6.14. The maximum Gasteiger partial charge on any atom is 0.231 e. The molecule has 0 fully saturated rings. The molecule has 1 aliphatic rings. The van der Waals surface area contributed by atoms with E-state index in [-0.39, 0.29) is 23.9 Å². The van der Waals surface area contributed by atoms with Crippen molar-refractivity contribution in [2.24, 2.45) is 0 Å². The maximum absolute atomic E-state index is 12.6. The number of hydrogen-bond donors (Lipinski definition) is 0. The summed E-state index contributed by atoms with van der Waals surface area (Å²) in [5.74, 6) is 1.38. The highest BCUT2D eigenvalue weighted by Crippen LogP contribution is 2.35. The number of benzene rings is 3. The van der Waals surface area contributed by atoms with Crippen LogP contribution in [0.2, 0.25) is 0 Å². The highest BCUT2D eigenvalue weighted by atomic mass is 16.5. The van der Waals surface area contributed by atoms with Crippen molar-refractivity contribution in [2.75, 3.05) is 13.7 Å². The van der Waals surface area contributed by atoms with Crippen LogP contribution in [0, 0.1) is 0 Å². The summed E-state index contributed by atoms with van der Waals surface area (Å²) in [5.41, 5.74) is 1.78. The lowest BCUT2D eigenvalue weighted by Gasteiger charge is -2.07. The van der Waals surface area contributed by atoms with Crippen molar-refractivity contribution in [2.45, 2.75) is 0 Å². The van der Waals surface area contributed by atoms with Crippen molar-refractivity contribution in [3.63, 3.8) is 0 Å². The molecule has 0 N–H and O–H groups in total. The Kier molecular flexibility index (Phi) is 5.12. The van der Waals surface area contributed by atoms with Crippen LogP contribution < -0.4 is 14.2 Å². The number of Topliss-reactive ketones (excluding diaryl/α,β-unsaturated/α-hetero) is 2. The molecular formula is C24H18O5. The Balaban J connectivity index is 1.50. The number of methoxy groups -OCH3 is 1. The van der Waals surface area contributed by atoms with Crippen LogP contribution in [0.5, 0.6) is 17.2 Å². The smallest absolute Gasteiger partial charge is 0.231 e. The van der Waals surface area contributed by atoms with Crippen molar-refractivity contribution < 1.29 is 23.8 Å². The van der Waals surface area contributed by atoms with E-state index in [1.807, 2.05) is 30.3 Å². The Bertz CT molecular complexity index is 1100. The van der Waals surface area contributed by atoms with Gasteiger partial charge in [0.2, 0.25) is 5.78 Å². The fourth-order valence-electron chi connectivity index (χ4n) is 3.04. The number of ketones is 2. The summed E-state index contributed by atoms with van der Waals surface area (Å²) in [6.07, 6.45) is 1.65. The van der Waals surface area contributed by atoms with Crippen LogP contribution in [0.15, 0.2) is 78.6 Å². The van der Waals surface area contributed by atoms with E-state index in [2.05, 4.69) is 0 Å². The summed E-state index contributed by atoms with van der Waals surface area (Å²) in [6.45, 7) is -0.0966. The lowest BCUT2D eigenvalue weighted by molar-refractivity contribution is 0.0921. The van der Waals surface area contributed by atoms with Crippen LogP contribution >= 0.6 is 0 Å². The molecule has 0 radical (unpaired) electrons. The predicted octanol–water partition coefficient (Wildman–Crippen LogP) is 4.57. The van der Waals surface area contributed by atoms with Crippen molar-refractivity contribution >= 4 is 17.6 Å². The van der Waals surface area contributed by atoms with E-state index >= 15 is 0 Å². The van der Waals surface area contributed by atoms with Gasteiger partial charge in [0.05, 0.1) is 12.7 Å². The van der Waals surface area contributed by atoms with Gasteiger partial charge in [-0.1, -0.05) is 48.5 Å². The average molecular weight is 386 g/mol. The zero-order chi connectivity index (χ0) is 20.2. The monoisotopic (exact) mass is 386 g/mol. The molecule has 0 atom stereocenters. The summed E-state index contributed by atoms with van der Waals surface area (Å²) in [4.78, 5) is 24.8. The largest absolute Gasteiger partial charge is 0.496 e. The standard InChI is InChI=1S/C24H18O5/c1-27-21-10-6-5-9-17(21)13-23-24(26)19-12-11-18(14-22(19)29-23)28-15-20(25)16-7-3-2-4-8-16/h2-14H,15H2,1H3/b23-13-. The minimum absolute atomic E-state index is 0.0966. The maximum atomic E-state index is 12.6. The molecule has 0 aromatic heterocycles. The number of para-hydroxylation sites is 1. The molecule has 5 heteroatoms. The zero-order valence-electron chi connectivity index (χ0n) is 15.8. The molecule has 0 bridgehead atoms. The number of fused-ring (bicyclic) bond motifs is 1. The molecule has 0 aliphatic carbocycles. The van der Waals surface area contributed by atoms with Gasteiger partial charge in [-0.15, -0.1) is 0 Å². The van der Waals surface area contributed by atoms with Gasteiger partial charge < -0.3 is 14.2 Å². The van der Waals surface area contributed by atoms with Gasteiger partial charge >= 0.3 is 0 Å². The number of carbonyl (C=O) groups is 2. The first-order chi connectivity index (χ1) is 14.2. The van der Waals surface area contributed by atoms with Crippen LogP contribution in [0.25, 0.3) is 6.08 Å². The normalized spacial score (nSPS) is 13.7. The first kappa shape index (κ1) is 18.5. The minimum Gasteiger partial charge on any atom is -0.496 e. The average Bonchev–Trinajstić information content (AvgIpc) is 3.07. The van der Waals surface area contributed by atoms with E-state index in [0.717, 1.165) is 5.56 Å². The number of carbonyl (C=O) groups excluding carboxylic acids is 2. The quantitative estimate of drug-likeness (QED) is 0.459. The molecule has 1 heterocycles. The number of hydrogen-bond acceptors (Lipinski definition) is 5. The van der Waals surface area contributed by atoms with Crippen LogP contribution in [0.1, 0.15) is 26.3 Å². The fraction of sp³-hybridized carbons (Fsp3) is 0.0833. The summed E-state index contributed by atoms with van der Waals surface area (Å²) < 4.78 is 16.7. The van der Waals surface area contributed by atoms with E-state index in [0.29, 0.717) is 28.4 Å². The SMILES string of the molecule is COc1ccccc1/C=C1\Oc2cc(OCC(=O)c3ccccc3)ccc2C1=O. The predicted molar refractivity (Wildman–Crippen MR) is 109 cm³/mol. The summed E-state index contributed by atoms with van der Waals surface area (Å²) in [7, 11) is 1.57. The van der Waals surface area contributed by atoms with Crippen molar-refractivity contribution in [3.8, 4) is 17.2 Å². The van der Waals surface area contributed by atoms with E-state index < -0.39 is 0 Å². The molecule has 3 aromatic carbocycles. The van der Waals surface area contributed by atoms with Crippen LogP contribution in [-0.2, 0) is 0 Å². The minimum atomic E-state index is -0.210. The van der Waals surface area contributed by atoms with Crippen LogP contribution in [0.4, 0.5) is 0 Å². The first-order valence-electron chi connectivity index (χ1n) is 9.08. The van der Waals surface area contributed by atoms with E-state index in [9.17, 15) is 9.59 Å². The highest BCUT2D eigenvalue weighted by Gasteiger charge is 2.28. The Hall–Kier alpha value is -3.86. The molecule has 0 saturated heterocycles. The second kappa shape index (κ2) is 8.02. The number of allylic oxidation sites excluding steroid dienone is 1. The first-order valence-corrected chi connectivity index (χ1v) is 9.08. The third-order valence-corrected chi connectivity index (χ3v) is 4.53. The van der Waals surface area contributed by atoms with Crippen molar-refractivity contribution in [1.82, 2.24) is 0 Å². The Morgan fingerprint density at radius 3 is 2.55 bits per heavy atom. The Labute approximate surface area is 168 Å². The zero-order valence-corrected chi connectivity index (χ0v) is 15.8. The van der Waals surface area contributed by atoms with Crippen molar-refractivity contribution in [3.05, 3.63) is 95.2 Å². The lowest BCUT2D eigenvalue weighted by Crippen LogP contribution is -2.11. The lowest BCUT2D eigenvalue weighted by atomic mass is 10.1. The van der Waals surface area contributed by atoms with E-state index in [1.165, 1.54) is 0 Å².